The molecule has 0 aromatic heterocycles. The van der Waals surface area contributed by atoms with Crippen molar-refractivity contribution in [2.45, 2.75) is 6.42 Å². The van der Waals surface area contributed by atoms with Crippen LogP contribution in [0.5, 0.6) is 0 Å². The molecular formula is C14H12NSe. The number of hydrogen-bond acceptors (Lipinski definition) is 1. The first-order valence-corrected chi connectivity index (χ1v) is 6.01. The molecule has 0 aliphatic carbocycles. The van der Waals surface area contributed by atoms with Gasteiger partial charge in [-0.1, -0.05) is 0 Å². The van der Waals surface area contributed by atoms with Crippen molar-refractivity contribution in [3.05, 3.63) is 71.3 Å². The predicted molar refractivity (Wildman–Crippen MR) is 68.3 cm³/mol. The summed E-state index contributed by atoms with van der Waals surface area (Å²) in [6.07, 6.45) is 0.876. The molecular weight excluding hydrogens is 261 g/mol. The summed E-state index contributed by atoms with van der Waals surface area (Å²) in [5.74, 6) is 0. The zero-order valence-electron chi connectivity index (χ0n) is 8.81. The van der Waals surface area contributed by atoms with Crippen molar-refractivity contribution >= 4 is 20.6 Å². The van der Waals surface area contributed by atoms with E-state index in [4.69, 9.17) is 5.41 Å². The van der Waals surface area contributed by atoms with E-state index >= 15 is 0 Å². The minimum absolute atomic E-state index is 0.506. The van der Waals surface area contributed by atoms with Crippen molar-refractivity contribution in [3.8, 4) is 0 Å². The van der Waals surface area contributed by atoms with Crippen LogP contribution in [-0.2, 0) is 6.42 Å². The quantitative estimate of drug-likeness (QED) is 0.657. The normalized spacial score (nSPS) is 10.0. The molecule has 1 nitrogen and oxygen atoms in total. The van der Waals surface area contributed by atoms with Crippen LogP contribution in [0.15, 0.2) is 54.6 Å². The van der Waals surface area contributed by atoms with Crippen molar-refractivity contribution in [2.24, 2.45) is 0 Å². The second-order valence-corrected chi connectivity index (χ2v) is 4.51. The Morgan fingerprint density at radius 3 is 2.25 bits per heavy atom. The van der Waals surface area contributed by atoms with Gasteiger partial charge in [-0.05, 0) is 0 Å². The fourth-order valence-corrected chi connectivity index (χ4v) is 2.13. The monoisotopic (exact) mass is 274 g/mol. The molecule has 1 N–H and O–H groups in total. The molecule has 0 unspecified atom stereocenters. The first kappa shape index (κ1) is 11.1. The van der Waals surface area contributed by atoms with Crippen LogP contribution in [-0.4, -0.2) is 20.6 Å². The van der Waals surface area contributed by atoms with E-state index in [1.54, 1.807) is 0 Å². The topological polar surface area (TPSA) is 23.9 Å². The van der Waals surface area contributed by atoms with Gasteiger partial charge in [0.1, 0.15) is 0 Å². The SMILES string of the molecule is N=C([Se])c1ccccc1Cc1ccccc1. The first-order valence-electron chi connectivity index (χ1n) is 5.15. The van der Waals surface area contributed by atoms with E-state index < -0.39 is 0 Å². The third-order valence-electron chi connectivity index (χ3n) is 2.50. The molecule has 0 heterocycles. The second kappa shape index (κ2) is 5.11. The number of benzene rings is 2. The van der Waals surface area contributed by atoms with E-state index in [0.717, 1.165) is 12.0 Å². The molecule has 1 radical (unpaired) electrons. The minimum atomic E-state index is 0.506. The molecule has 0 fully saturated rings. The summed E-state index contributed by atoms with van der Waals surface area (Å²) in [5.41, 5.74) is 3.46. The van der Waals surface area contributed by atoms with Gasteiger partial charge in [0.25, 0.3) is 0 Å². The van der Waals surface area contributed by atoms with E-state index in [-0.39, 0.29) is 0 Å². The zero-order valence-corrected chi connectivity index (χ0v) is 10.5. The van der Waals surface area contributed by atoms with Crippen LogP contribution < -0.4 is 0 Å². The Balaban J connectivity index is 2.31. The average molecular weight is 273 g/mol. The van der Waals surface area contributed by atoms with Gasteiger partial charge in [0, 0.05) is 0 Å². The van der Waals surface area contributed by atoms with Crippen LogP contribution >= 0.6 is 0 Å². The maximum absolute atomic E-state index is 7.69. The van der Waals surface area contributed by atoms with Crippen molar-refractivity contribution in [2.75, 3.05) is 0 Å². The first-order chi connectivity index (χ1) is 7.77. The molecule has 0 bridgehead atoms. The third-order valence-corrected chi connectivity index (χ3v) is 2.96. The van der Waals surface area contributed by atoms with Crippen LogP contribution in [0.25, 0.3) is 0 Å². The summed E-state index contributed by atoms with van der Waals surface area (Å²) in [6, 6.07) is 18.4. The number of rotatable bonds is 3. The van der Waals surface area contributed by atoms with Gasteiger partial charge >= 0.3 is 104 Å². The number of hydrogen-bond donors (Lipinski definition) is 1. The molecule has 0 saturated heterocycles. The van der Waals surface area contributed by atoms with Crippen LogP contribution in [0.3, 0.4) is 0 Å². The Labute approximate surface area is 104 Å². The van der Waals surface area contributed by atoms with E-state index in [1.807, 2.05) is 36.4 Å². The van der Waals surface area contributed by atoms with Gasteiger partial charge in [-0.2, -0.15) is 0 Å². The molecule has 2 rings (SSSR count). The van der Waals surface area contributed by atoms with E-state index in [0.29, 0.717) is 4.61 Å². The maximum atomic E-state index is 7.69. The Morgan fingerprint density at radius 1 is 0.938 bits per heavy atom. The van der Waals surface area contributed by atoms with Crippen molar-refractivity contribution in [3.63, 3.8) is 0 Å². The molecule has 2 aromatic carbocycles. The summed E-state index contributed by atoms with van der Waals surface area (Å²) in [6.45, 7) is 0. The van der Waals surface area contributed by atoms with Crippen molar-refractivity contribution in [1.82, 2.24) is 0 Å². The van der Waals surface area contributed by atoms with Gasteiger partial charge in [0.15, 0.2) is 0 Å². The Bertz CT molecular complexity index is 491. The molecule has 0 spiro atoms. The van der Waals surface area contributed by atoms with Gasteiger partial charge in [-0.15, -0.1) is 0 Å². The third kappa shape index (κ3) is 2.60. The summed E-state index contributed by atoms with van der Waals surface area (Å²) >= 11 is 2.77. The average Bonchev–Trinajstić information content (AvgIpc) is 2.31. The summed E-state index contributed by atoms with van der Waals surface area (Å²) < 4.78 is 0.506. The van der Waals surface area contributed by atoms with Crippen molar-refractivity contribution < 1.29 is 0 Å². The summed E-state index contributed by atoms with van der Waals surface area (Å²) in [7, 11) is 0. The Hall–Kier alpha value is -1.37. The molecule has 16 heavy (non-hydrogen) atoms. The van der Waals surface area contributed by atoms with Gasteiger partial charge < -0.3 is 0 Å². The summed E-state index contributed by atoms with van der Waals surface area (Å²) in [4.78, 5) is 0. The molecule has 2 aromatic rings. The second-order valence-electron chi connectivity index (χ2n) is 3.65. The van der Waals surface area contributed by atoms with Gasteiger partial charge in [-0.3, -0.25) is 0 Å². The van der Waals surface area contributed by atoms with Gasteiger partial charge in [0.2, 0.25) is 0 Å². The van der Waals surface area contributed by atoms with Crippen LogP contribution in [0, 0.1) is 5.41 Å². The van der Waals surface area contributed by atoms with Crippen LogP contribution in [0.4, 0.5) is 0 Å². The van der Waals surface area contributed by atoms with E-state index in [1.165, 1.54) is 11.1 Å². The molecule has 0 atom stereocenters. The molecule has 0 amide bonds. The predicted octanol–water partition coefficient (Wildman–Crippen LogP) is 2.77. The van der Waals surface area contributed by atoms with Crippen molar-refractivity contribution in [1.29, 1.82) is 5.41 Å². The molecule has 0 aliphatic rings. The Kier molecular flexibility index (Phi) is 3.55. The standard InChI is InChI=1S/C14H12NSe/c15-14(16)13-9-5-4-8-12(13)10-11-6-2-1-3-7-11/h1-9,15H,10H2. The number of nitrogens with one attached hydrogen (secondary N) is 1. The van der Waals surface area contributed by atoms with E-state index in [2.05, 4.69) is 34.2 Å². The molecule has 79 valence electrons. The fraction of sp³-hybridized carbons (Fsp3) is 0.0714. The van der Waals surface area contributed by atoms with Crippen LogP contribution in [0.1, 0.15) is 16.7 Å². The molecule has 0 aliphatic heterocycles. The van der Waals surface area contributed by atoms with E-state index in [9.17, 15) is 0 Å². The Morgan fingerprint density at radius 2 is 1.56 bits per heavy atom. The van der Waals surface area contributed by atoms with Crippen LogP contribution in [0.2, 0.25) is 0 Å². The zero-order chi connectivity index (χ0) is 11.4. The molecule has 2 heteroatoms. The van der Waals surface area contributed by atoms with Gasteiger partial charge in [-0.25, -0.2) is 0 Å². The fourth-order valence-electron chi connectivity index (χ4n) is 1.71. The summed E-state index contributed by atoms with van der Waals surface area (Å²) in [5, 5.41) is 7.69. The molecule has 0 saturated carbocycles. The van der Waals surface area contributed by atoms with Gasteiger partial charge in [0.05, 0.1) is 0 Å².